The van der Waals surface area contributed by atoms with Gasteiger partial charge < -0.3 is 5.11 Å². The van der Waals surface area contributed by atoms with Crippen LogP contribution in [0.4, 0.5) is 0 Å². The minimum absolute atomic E-state index is 0.224. The average molecular weight is 183 g/mol. The predicted octanol–water partition coefficient (Wildman–Crippen LogP) is 1.00. The Bertz CT molecular complexity index is 212. The summed E-state index contributed by atoms with van der Waals surface area (Å²) in [4.78, 5) is 0. The molecule has 0 unspecified atom stereocenters. The Hall–Kier alpha value is -0.900. The normalized spacial score (nSPS) is 10.6. The first-order valence-corrected chi connectivity index (χ1v) is 4.86. The van der Waals surface area contributed by atoms with E-state index in [0.717, 1.165) is 31.5 Å². The molecule has 0 amide bonds. The minimum atomic E-state index is 0.224. The highest BCUT2D eigenvalue weighted by molar-refractivity contribution is 4.91. The van der Waals surface area contributed by atoms with E-state index in [0.29, 0.717) is 0 Å². The molecule has 0 aliphatic carbocycles. The van der Waals surface area contributed by atoms with Crippen LogP contribution in [-0.4, -0.2) is 26.7 Å². The van der Waals surface area contributed by atoms with Gasteiger partial charge in [-0.05, 0) is 19.3 Å². The van der Waals surface area contributed by atoms with E-state index < -0.39 is 0 Å². The highest BCUT2D eigenvalue weighted by Crippen LogP contribution is 1.99. The number of aliphatic hydroxyl groups is 1. The van der Waals surface area contributed by atoms with Gasteiger partial charge in [0.1, 0.15) is 0 Å². The zero-order chi connectivity index (χ0) is 9.52. The second kappa shape index (κ2) is 5.70. The molecular formula is C9H17N3O. The molecule has 13 heavy (non-hydrogen) atoms. The molecule has 0 radical (unpaired) electrons. The van der Waals surface area contributed by atoms with Crippen molar-refractivity contribution in [2.24, 2.45) is 0 Å². The number of rotatable bonds is 6. The molecule has 0 saturated heterocycles. The summed E-state index contributed by atoms with van der Waals surface area (Å²) < 4.78 is 1.87. The number of aromatic nitrogens is 3. The van der Waals surface area contributed by atoms with E-state index in [1.807, 2.05) is 10.9 Å². The summed E-state index contributed by atoms with van der Waals surface area (Å²) in [6.07, 6.45) is 5.87. The van der Waals surface area contributed by atoms with Crippen molar-refractivity contribution in [3.63, 3.8) is 0 Å². The Kier molecular flexibility index (Phi) is 4.46. The van der Waals surface area contributed by atoms with Crippen molar-refractivity contribution in [1.29, 1.82) is 0 Å². The Morgan fingerprint density at radius 2 is 2.31 bits per heavy atom. The maximum absolute atomic E-state index is 8.62. The van der Waals surface area contributed by atoms with Crippen LogP contribution in [0.25, 0.3) is 0 Å². The zero-order valence-corrected chi connectivity index (χ0v) is 8.11. The molecule has 0 spiro atoms. The van der Waals surface area contributed by atoms with Gasteiger partial charge >= 0.3 is 0 Å². The summed E-state index contributed by atoms with van der Waals surface area (Å²) in [6.45, 7) is 3.33. The summed E-state index contributed by atoms with van der Waals surface area (Å²) in [5.41, 5.74) is 0.977. The van der Waals surface area contributed by atoms with Crippen LogP contribution < -0.4 is 0 Å². The van der Waals surface area contributed by atoms with Gasteiger partial charge in [0, 0.05) is 19.3 Å². The van der Waals surface area contributed by atoms with Gasteiger partial charge in [-0.3, -0.25) is 4.68 Å². The van der Waals surface area contributed by atoms with Crippen LogP contribution in [0.5, 0.6) is 0 Å². The summed E-state index contributed by atoms with van der Waals surface area (Å²) >= 11 is 0. The third-order valence-corrected chi connectivity index (χ3v) is 1.92. The van der Waals surface area contributed by atoms with E-state index in [9.17, 15) is 0 Å². The van der Waals surface area contributed by atoms with E-state index >= 15 is 0 Å². The number of aryl methyl sites for hydroxylation is 2. The molecule has 1 aromatic rings. The lowest BCUT2D eigenvalue weighted by molar-refractivity contribution is 0.288. The third kappa shape index (κ3) is 3.55. The predicted molar refractivity (Wildman–Crippen MR) is 50.3 cm³/mol. The second-order valence-corrected chi connectivity index (χ2v) is 3.15. The van der Waals surface area contributed by atoms with Crippen LogP contribution in [0.3, 0.4) is 0 Å². The lowest BCUT2D eigenvalue weighted by atomic mass is 10.2. The summed E-state index contributed by atoms with van der Waals surface area (Å²) in [7, 11) is 0. The fourth-order valence-corrected chi connectivity index (χ4v) is 1.14. The fourth-order valence-electron chi connectivity index (χ4n) is 1.14. The lowest BCUT2D eigenvalue weighted by Crippen LogP contribution is -1.97. The van der Waals surface area contributed by atoms with Crippen LogP contribution in [0, 0.1) is 0 Å². The van der Waals surface area contributed by atoms with Crippen LogP contribution >= 0.6 is 0 Å². The van der Waals surface area contributed by atoms with E-state index in [2.05, 4.69) is 17.2 Å². The van der Waals surface area contributed by atoms with Crippen LogP contribution in [0.2, 0.25) is 0 Å². The van der Waals surface area contributed by atoms with Crippen LogP contribution in [0.1, 0.15) is 31.9 Å². The maximum Gasteiger partial charge on any atom is 0.0828 e. The first-order chi connectivity index (χ1) is 6.36. The molecule has 4 heteroatoms. The van der Waals surface area contributed by atoms with Gasteiger partial charge in [-0.2, -0.15) is 0 Å². The first-order valence-electron chi connectivity index (χ1n) is 4.86. The number of hydrogen-bond acceptors (Lipinski definition) is 3. The van der Waals surface area contributed by atoms with Gasteiger partial charge in [0.05, 0.1) is 5.69 Å². The number of hydrogen-bond donors (Lipinski definition) is 1. The summed E-state index contributed by atoms with van der Waals surface area (Å²) in [5, 5.41) is 16.6. The topological polar surface area (TPSA) is 50.9 Å². The molecule has 0 aromatic carbocycles. The van der Waals surface area contributed by atoms with Crippen molar-refractivity contribution < 1.29 is 5.11 Å². The monoisotopic (exact) mass is 183 g/mol. The second-order valence-electron chi connectivity index (χ2n) is 3.15. The molecule has 0 saturated carbocycles. The van der Waals surface area contributed by atoms with Crippen molar-refractivity contribution in [2.75, 3.05) is 6.61 Å². The van der Waals surface area contributed by atoms with E-state index in [1.165, 1.54) is 6.42 Å². The molecule has 1 aromatic heterocycles. The molecule has 0 atom stereocenters. The highest BCUT2D eigenvalue weighted by Gasteiger charge is 1.99. The van der Waals surface area contributed by atoms with E-state index in [-0.39, 0.29) is 6.61 Å². The Labute approximate surface area is 78.6 Å². The minimum Gasteiger partial charge on any atom is -0.396 e. The molecule has 0 aliphatic heterocycles. The van der Waals surface area contributed by atoms with Crippen molar-refractivity contribution in [2.45, 2.75) is 39.2 Å². The summed E-state index contributed by atoms with van der Waals surface area (Å²) in [5.74, 6) is 0. The number of nitrogens with zero attached hydrogens (tertiary/aromatic N) is 3. The van der Waals surface area contributed by atoms with Gasteiger partial charge in [-0.15, -0.1) is 5.10 Å². The molecule has 1 rings (SSSR count). The molecule has 0 fully saturated rings. The van der Waals surface area contributed by atoms with Crippen molar-refractivity contribution >= 4 is 0 Å². The van der Waals surface area contributed by atoms with Gasteiger partial charge in [0.2, 0.25) is 0 Å². The van der Waals surface area contributed by atoms with Crippen LogP contribution in [-0.2, 0) is 13.0 Å². The molecule has 74 valence electrons. The number of aliphatic hydroxyl groups excluding tert-OH is 1. The zero-order valence-electron chi connectivity index (χ0n) is 8.11. The van der Waals surface area contributed by atoms with Gasteiger partial charge in [0.15, 0.2) is 0 Å². The maximum atomic E-state index is 8.62. The van der Waals surface area contributed by atoms with Crippen molar-refractivity contribution in [3.05, 3.63) is 11.9 Å². The first kappa shape index (κ1) is 10.2. The Morgan fingerprint density at radius 3 is 3.00 bits per heavy atom. The number of unbranched alkanes of at least 4 members (excludes halogenated alkanes) is 1. The third-order valence-electron chi connectivity index (χ3n) is 1.92. The van der Waals surface area contributed by atoms with Gasteiger partial charge in [0.25, 0.3) is 0 Å². The van der Waals surface area contributed by atoms with Crippen LogP contribution in [0.15, 0.2) is 6.20 Å². The van der Waals surface area contributed by atoms with Gasteiger partial charge in [-0.1, -0.05) is 18.6 Å². The Morgan fingerprint density at radius 1 is 1.46 bits per heavy atom. The molecule has 1 N–H and O–H groups in total. The average Bonchev–Trinajstić information content (AvgIpc) is 2.59. The molecule has 1 heterocycles. The van der Waals surface area contributed by atoms with Crippen molar-refractivity contribution in [3.8, 4) is 0 Å². The lowest BCUT2D eigenvalue weighted by Gasteiger charge is -1.95. The summed E-state index contributed by atoms with van der Waals surface area (Å²) in [6, 6.07) is 0. The largest absolute Gasteiger partial charge is 0.396 e. The van der Waals surface area contributed by atoms with E-state index in [4.69, 9.17) is 5.11 Å². The molecule has 0 aliphatic rings. The molecule has 0 bridgehead atoms. The quantitative estimate of drug-likeness (QED) is 0.716. The van der Waals surface area contributed by atoms with Crippen molar-refractivity contribution in [1.82, 2.24) is 15.0 Å². The highest BCUT2D eigenvalue weighted by atomic mass is 16.2. The standard InChI is InChI=1S/C9H17N3O/c1-2-3-6-12-8-9(10-11-12)5-4-7-13/h8,13H,2-7H2,1H3. The smallest absolute Gasteiger partial charge is 0.0828 e. The van der Waals surface area contributed by atoms with E-state index in [1.54, 1.807) is 0 Å². The molecule has 4 nitrogen and oxygen atoms in total. The molecular weight excluding hydrogens is 166 g/mol. The van der Waals surface area contributed by atoms with Gasteiger partial charge in [-0.25, -0.2) is 0 Å². The Balaban J connectivity index is 2.34. The fraction of sp³-hybridized carbons (Fsp3) is 0.778. The SMILES string of the molecule is CCCCn1cc(CCCO)nn1.